The molecule has 3 unspecified atom stereocenters. The van der Waals surface area contributed by atoms with Crippen LogP contribution in [0.15, 0.2) is 18.2 Å². The molecule has 2 fully saturated rings. The average Bonchev–Trinajstić information content (AvgIpc) is 3.06. The van der Waals surface area contributed by atoms with Gasteiger partial charge in [-0.3, -0.25) is 9.59 Å². The molecule has 1 aromatic rings. The third-order valence-electron chi connectivity index (χ3n) is 5.27. The van der Waals surface area contributed by atoms with Gasteiger partial charge in [-0.25, -0.2) is 0 Å². The Balaban J connectivity index is 1.42. The Bertz CT molecular complexity index is 653. The van der Waals surface area contributed by atoms with Crippen LogP contribution in [-0.4, -0.2) is 37.6 Å². The molecule has 7 heteroatoms. The van der Waals surface area contributed by atoms with Crippen molar-refractivity contribution in [2.24, 2.45) is 5.92 Å². The molecule has 0 bridgehead atoms. The SMILES string of the molecule is COc1ccc(Cl)cc1NC(=O)CCNC(=O)C1CC2CCCCC2N1. The van der Waals surface area contributed by atoms with E-state index < -0.39 is 0 Å². The summed E-state index contributed by atoms with van der Waals surface area (Å²) in [4.78, 5) is 24.5. The summed E-state index contributed by atoms with van der Waals surface area (Å²) >= 11 is 5.96. The largest absolute Gasteiger partial charge is 0.495 e. The van der Waals surface area contributed by atoms with Crippen molar-refractivity contribution in [1.82, 2.24) is 10.6 Å². The van der Waals surface area contributed by atoms with Crippen LogP contribution in [0.3, 0.4) is 0 Å². The Morgan fingerprint density at radius 3 is 2.88 bits per heavy atom. The van der Waals surface area contributed by atoms with E-state index in [0.717, 1.165) is 6.42 Å². The van der Waals surface area contributed by atoms with Crippen molar-refractivity contribution in [2.75, 3.05) is 19.0 Å². The third kappa shape index (κ3) is 4.68. The minimum atomic E-state index is -0.195. The molecule has 1 saturated carbocycles. The van der Waals surface area contributed by atoms with E-state index in [4.69, 9.17) is 16.3 Å². The second-order valence-electron chi connectivity index (χ2n) is 7.04. The molecule has 3 N–H and O–H groups in total. The molecule has 0 radical (unpaired) electrons. The van der Waals surface area contributed by atoms with E-state index in [1.54, 1.807) is 18.2 Å². The molecule has 1 heterocycles. The summed E-state index contributed by atoms with van der Waals surface area (Å²) in [5, 5.41) is 9.61. The van der Waals surface area contributed by atoms with Crippen molar-refractivity contribution in [2.45, 2.75) is 50.6 Å². The van der Waals surface area contributed by atoms with Crippen LogP contribution in [0.2, 0.25) is 5.02 Å². The zero-order valence-electron chi connectivity index (χ0n) is 15.0. The molecule has 6 nitrogen and oxygen atoms in total. The summed E-state index contributed by atoms with van der Waals surface area (Å²) in [5.41, 5.74) is 0.526. The number of anilines is 1. The van der Waals surface area contributed by atoms with Gasteiger partial charge in [-0.15, -0.1) is 0 Å². The number of fused-ring (bicyclic) bond motifs is 1. The molecular weight excluding hydrogens is 354 g/mol. The number of hydrogen-bond donors (Lipinski definition) is 3. The normalized spacial score (nSPS) is 24.6. The number of hydrogen-bond acceptors (Lipinski definition) is 4. The van der Waals surface area contributed by atoms with Gasteiger partial charge in [0, 0.05) is 24.0 Å². The lowest BCUT2D eigenvalue weighted by molar-refractivity contribution is -0.123. The minimum Gasteiger partial charge on any atom is -0.495 e. The number of carbonyl (C=O) groups is 2. The summed E-state index contributed by atoms with van der Waals surface area (Å²) in [7, 11) is 1.53. The fourth-order valence-electron chi connectivity index (χ4n) is 3.93. The van der Waals surface area contributed by atoms with Crippen molar-refractivity contribution in [3.63, 3.8) is 0 Å². The second-order valence-corrected chi connectivity index (χ2v) is 7.48. The third-order valence-corrected chi connectivity index (χ3v) is 5.50. The number of carbonyl (C=O) groups excluding carboxylic acids is 2. The summed E-state index contributed by atoms with van der Waals surface area (Å²) in [6, 6.07) is 5.39. The van der Waals surface area contributed by atoms with Gasteiger partial charge in [0.2, 0.25) is 11.8 Å². The van der Waals surface area contributed by atoms with E-state index in [9.17, 15) is 9.59 Å². The van der Waals surface area contributed by atoms with Crippen LogP contribution in [0.4, 0.5) is 5.69 Å². The molecule has 1 saturated heterocycles. The number of amides is 2. The van der Waals surface area contributed by atoms with Crippen LogP contribution in [-0.2, 0) is 9.59 Å². The molecule has 0 aromatic heterocycles. The quantitative estimate of drug-likeness (QED) is 0.710. The molecule has 3 rings (SSSR count). The van der Waals surface area contributed by atoms with Crippen LogP contribution in [0.1, 0.15) is 38.5 Å². The number of rotatable bonds is 6. The van der Waals surface area contributed by atoms with E-state index in [0.29, 0.717) is 35.0 Å². The number of methoxy groups -OCH3 is 1. The molecule has 2 amide bonds. The number of benzene rings is 1. The van der Waals surface area contributed by atoms with Crippen LogP contribution >= 0.6 is 11.6 Å². The van der Waals surface area contributed by atoms with E-state index in [1.165, 1.54) is 32.8 Å². The molecule has 142 valence electrons. The van der Waals surface area contributed by atoms with Gasteiger partial charge in [0.15, 0.2) is 0 Å². The van der Waals surface area contributed by atoms with Gasteiger partial charge in [-0.1, -0.05) is 24.4 Å². The Labute approximate surface area is 159 Å². The molecule has 1 aliphatic heterocycles. The molecular formula is C19H26ClN3O3. The maximum atomic E-state index is 12.3. The first-order valence-electron chi connectivity index (χ1n) is 9.24. The first-order valence-corrected chi connectivity index (χ1v) is 9.62. The molecule has 1 aliphatic carbocycles. The maximum absolute atomic E-state index is 12.3. The lowest BCUT2D eigenvalue weighted by Crippen LogP contribution is -2.43. The highest BCUT2D eigenvalue weighted by Crippen LogP contribution is 2.33. The smallest absolute Gasteiger partial charge is 0.237 e. The lowest BCUT2D eigenvalue weighted by atomic mass is 9.85. The Morgan fingerprint density at radius 1 is 1.31 bits per heavy atom. The molecule has 0 spiro atoms. The van der Waals surface area contributed by atoms with Crippen molar-refractivity contribution in [1.29, 1.82) is 0 Å². The van der Waals surface area contributed by atoms with Crippen molar-refractivity contribution in [3.8, 4) is 5.75 Å². The standard InChI is InChI=1S/C19H26ClN3O3/c1-26-17-7-6-13(20)11-15(17)23-18(24)8-9-21-19(25)16-10-12-4-2-3-5-14(12)22-16/h6-7,11-12,14,16,22H,2-5,8-10H2,1H3,(H,21,25)(H,23,24). The summed E-state index contributed by atoms with van der Waals surface area (Å²) in [6.07, 6.45) is 5.99. The predicted molar refractivity (Wildman–Crippen MR) is 102 cm³/mol. The number of halogens is 1. The molecule has 1 aromatic carbocycles. The summed E-state index contributed by atoms with van der Waals surface area (Å²) in [5.74, 6) is 0.967. The molecule has 3 atom stereocenters. The van der Waals surface area contributed by atoms with E-state index >= 15 is 0 Å². The van der Waals surface area contributed by atoms with Crippen LogP contribution in [0, 0.1) is 5.92 Å². The molecule has 2 aliphatic rings. The van der Waals surface area contributed by atoms with Crippen molar-refractivity contribution >= 4 is 29.1 Å². The number of nitrogens with one attached hydrogen (secondary N) is 3. The van der Waals surface area contributed by atoms with Gasteiger partial charge in [-0.2, -0.15) is 0 Å². The van der Waals surface area contributed by atoms with Crippen LogP contribution in [0.5, 0.6) is 5.75 Å². The van der Waals surface area contributed by atoms with Gasteiger partial charge < -0.3 is 20.7 Å². The Hall–Kier alpha value is -1.79. The van der Waals surface area contributed by atoms with E-state index in [2.05, 4.69) is 16.0 Å². The Morgan fingerprint density at radius 2 is 2.12 bits per heavy atom. The highest BCUT2D eigenvalue weighted by molar-refractivity contribution is 6.31. The van der Waals surface area contributed by atoms with Gasteiger partial charge in [-0.05, 0) is 43.4 Å². The lowest BCUT2D eigenvalue weighted by Gasteiger charge is -2.24. The number of ether oxygens (including phenoxy) is 1. The van der Waals surface area contributed by atoms with Crippen LogP contribution in [0.25, 0.3) is 0 Å². The van der Waals surface area contributed by atoms with E-state index in [-0.39, 0.29) is 24.3 Å². The monoisotopic (exact) mass is 379 g/mol. The zero-order valence-corrected chi connectivity index (χ0v) is 15.8. The molecule has 26 heavy (non-hydrogen) atoms. The first kappa shape index (κ1) is 19.0. The maximum Gasteiger partial charge on any atom is 0.237 e. The highest BCUT2D eigenvalue weighted by atomic mass is 35.5. The summed E-state index contributed by atoms with van der Waals surface area (Å²) < 4.78 is 5.21. The highest BCUT2D eigenvalue weighted by Gasteiger charge is 2.37. The van der Waals surface area contributed by atoms with Crippen molar-refractivity contribution < 1.29 is 14.3 Å². The minimum absolute atomic E-state index is 0.00691. The average molecular weight is 380 g/mol. The van der Waals surface area contributed by atoms with Gasteiger partial charge >= 0.3 is 0 Å². The predicted octanol–water partition coefficient (Wildman–Crippen LogP) is 2.71. The van der Waals surface area contributed by atoms with Crippen molar-refractivity contribution in [3.05, 3.63) is 23.2 Å². The second kappa shape index (κ2) is 8.73. The fraction of sp³-hybridized carbons (Fsp3) is 0.579. The fourth-order valence-corrected chi connectivity index (χ4v) is 4.11. The zero-order chi connectivity index (χ0) is 18.5. The van der Waals surface area contributed by atoms with Gasteiger partial charge in [0.1, 0.15) is 5.75 Å². The van der Waals surface area contributed by atoms with Gasteiger partial charge in [0.05, 0.1) is 18.8 Å². The first-order chi connectivity index (χ1) is 12.6. The topological polar surface area (TPSA) is 79.5 Å². The Kier molecular flexibility index (Phi) is 6.38. The van der Waals surface area contributed by atoms with E-state index in [1.807, 2.05) is 0 Å². The van der Waals surface area contributed by atoms with Crippen LogP contribution < -0.4 is 20.7 Å². The summed E-state index contributed by atoms with van der Waals surface area (Å²) in [6.45, 7) is 0.307. The van der Waals surface area contributed by atoms with Gasteiger partial charge in [0.25, 0.3) is 0 Å².